The van der Waals surface area contributed by atoms with Gasteiger partial charge in [-0.25, -0.2) is 4.68 Å². The minimum atomic E-state index is 0.756. The third-order valence-electron chi connectivity index (χ3n) is 1.80. The van der Waals surface area contributed by atoms with E-state index in [0.29, 0.717) is 0 Å². The lowest BCUT2D eigenvalue weighted by Gasteiger charge is -2.02. The zero-order valence-electron chi connectivity index (χ0n) is 8.57. The number of aromatic nitrogens is 2. The topological polar surface area (TPSA) is 39.1 Å². The van der Waals surface area contributed by atoms with E-state index in [0.717, 1.165) is 31.9 Å². The van der Waals surface area contributed by atoms with Crippen molar-refractivity contribution in [1.29, 1.82) is 0 Å². The van der Waals surface area contributed by atoms with Crippen LogP contribution in [0.5, 0.6) is 0 Å². The highest BCUT2D eigenvalue weighted by molar-refractivity contribution is 5.17. The van der Waals surface area contributed by atoms with Gasteiger partial charge >= 0.3 is 0 Å². The molecule has 0 unspecified atom stereocenters. The van der Waals surface area contributed by atoms with Crippen molar-refractivity contribution in [2.24, 2.45) is 0 Å². The molecule has 0 fully saturated rings. The van der Waals surface area contributed by atoms with Crippen molar-refractivity contribution < 1.29 is 4.74 Å². The van der Waals surface area contributed by atoms with Crippen molar-refractivity contribution in [3.05, 3.63) is 24.5 Å². The highest BCUT2D eigenvalue weighted by Crippen LogP contribution is 1.96. The molecule has 78 valence electrons. The Morgan fingerprint density at radius 1 is 1.71 bits per heavy atom. The largest absolute Gasteiger partial charge is 0.380 e. The lowest BCUT2D eigenvalue weighted by Crippen LogP contribution is -2.18. The molecule has 1 rings (SSSR count). The van der Waals surface area contributed by atoms with Crippen molar-refractivity contribution in [2.45, 2.75) is 13.5 Å². The first kappa shape index (κ1) is 10.9. The molecule has 0 radical (unpaired) electrons. The Kier molecular flexibility index (Phi) is 4.96. The standard InChI is InChI=1S/C10H17N3O/c1-3-13-9-10(8-12-13)7-11-5-6-14-4-2/h3,8-9,11H,1,4-7H2,2H3. The van der Waals surface area contributed by atoms with Crippen LogP contribution in [0.3, 0.4) is 0 Å². The molecule has 0 bridgehead atoms. The van der Waals surface area contributed by atoms with Crippen LogP contribution in [0.2, 0.25) is 0 Å². The van der Waals surface area contributed by atoms with E-state index < -0.39 is 0 Å². The summed E-state index contributed by atoms with van der Waals surface area (Å²) in [5.74, 6) is 0. The Bertz CT molecular complexity index is 270. The molecule has 1 heterocycles. The van der Waals surface area contributed by atoms with Crippen molar-refractivity contribution in [2.75, 3.05) is 19.8 Å². The summed E-state index contributed by atoms with van der Waals surface area (Å²) in [5, 5.41) is 7.34. The van der Waals surface area contributed by atoms with Crippen LogP contribution in [0.25, 0.3) is 6.20 Å². The number of hydrogen-bond acceptors (Lipinski definition) is 3. The maximum absolute atomic E-state index is 5.20. The van der Waals surface area contributed by atoms with Crippen LogP contribution in [-0.4, -0.2) is 29.5 Å². The SMILES string of the molecule is C=Cn1cc(CNCCOCC)cn1. The number of nitrogens with zero attached hydrogens (tertiary/aromatic N) is 2. The predicted molar refractivity (Wildman–Crippen MR) is 56.8 cm³/mol. The number of ether oxygens (including phenoxy) is 1. The molecule has 0 aliphatic heterocycles. The van der Waals surface area contributed by atoms with Crippen LogP contribution in [0, 0.1) is 0 Å². The fourth-order valence-electron chi connectivity index (χ4n) is 1.09. The molecule has 0 saturated carbocycles. The molecule has 0 spiro atoms. The van der Waals surface area contributed by atoms with Crippen molar-refractivity contribution in [1.82, 2.24) is 15.1 Å². The number of rotatable bonds is 7. The van der Waals surface area contributed by atoms with Crippen LogP contribution in [-0.2, 0) is 11.3 Å². The molecule has 0 amide bonds. The molecule has 0 atom stereocenters. The van der Waals surface area contributed by atoms with Gasteiger partial charge in [0.2, 0.25) is 0 Å². The van der Waals surface area contributed by atoms with Crippen molar-refractivity contribution >= 4 is 6.20 Å². The van der Waals surface area contributed by atoms with Crippen LogP contribution < -0.4 is 5.32 Å². The summed E-state index contributed by atoms with van der Waals surface area (Å²) in [6.07, 6.45) is 5.44. The summed E-state index contributed by atoms with van der Waals surface area (Å²) in [7, 11) is 0. The van der Waals surface area contributed by atoms with Crippen molar-refractivity contribution in [3.8, 4) is 0 Å². The molecule has 0 aliphatic carbocycles. The van der Waals surface area contributed by atoms with E-state index in [1.807, 2.05) is 19.3 Å². The maximum atomic E-state index is 5.20. The van der Waals surface area contributed by atoms with E-state index in [-0.39, 0.29) is 0 Å². The van der Waals surface area contributed by atoms with Crippen LogP contribution in [0.1, 0.15) is 12.5 Å². The minimum absolute atomic E-state index is 0.756. The van der Waals surface area contributed by atoms with Crippen molar-refractivity contribution in [3.63, 3.8) is 0 Å². The van der Waals surface area contributed by atoms with Gasteiger partial charge in [0, 0.05) is 37.7 Å². The minimum Gasteiger partial charge on any atom is -0.380 e. The van der Waals surface area contributed by atoms with E-state index in [9.17, 15) is 0 Å². The van der Waals surface area contributed by atoms with Gasteiger partial charge in [-0.2, -0.15) is 5.10 Å². The van der Waals surface area contributed by atoms with E-state index in [1.54, 1.807) is 10.9 Å². The molecule has 1 N–H and O–H groups in total. The number of hydrogen-bond donors (Lipinski definition) is 1. The van der Waals surface area contributed by atoms with E-state index in [4.69, 9.17) is 4.74 Å². The molecule has 4 heteroatoms. The Hall–Kier alpha value is -1.13. The van der Waals surface area contributed by atoms with Crippen LogP contribution in [0.15, 0.2) is 19.0 Å². The third kappa shape index (κ3) is 3.72. The fourth-order valence-corrected chi connectivity index (χ4v) is 1.09. The summed E-state index contributed by atoms with van der Waals surface area (Å²) in [6.45, 7) is 8.84. The molecule has 0 saturated heterocycles. The normalized spacial score (nSPS) is 10.4. The quantitative estimate of drug-likeness (QED) is 0.662. The highest BCUT2D eigenvalue weighted by atomic mass is 16.5. The van der Waals surface area contributed by atoms with Gasteiger partial charge in [-0.15, -0.1) is 0 Å². The smallest absolute Gasteiger partial charge is 0.0590 e. The second-order valence-corrected chi connectivity index (χ2v) is 2.88. The maximum Gasteiger partial charge on any atom is 0.0590 e. The average molecular weight is 195 g/mol. The van der Waals surface area contributed by atoms with Gasteiger partial charge in [0.15, 0.2) is 0 Å². The molecular formula is C10H17N3O. The van der Waals surface area contributed by atoms with Gasteiger partial charge < -0.3 is 10.1 Å². The Morgan fingerprint density at radius 3 is 3.21 bits per heavy atom. The first-order chi connectivity index (χ1) is 6.86. The highest BCUT2D eigenvalue weighted by Gasteiger charge is 1.95. The Morgan fingerprint density at radius 2 is 2.57 bits per heavy atom. The predicted octanol–water partition coefficient (Wildman–Crippen LogP) is 1.11. The molecule has 14 heavy (non-hydrogen) atoms. The van der Waals surface area contributed by atoms with Gasteiger partial charge in [0.05, 0.1) is 12.8 Å². The molecule has 0 aromatic carbocycles. The molecular weight excluding hydrogens is 178 g/mol. The van der Waals surface area contributed by atoms with Gasteiger partial charge in [0.25, 0.3) is 0 Å². The molecule has 0 aliphatic rings. The first-order valence-corrected chi connectivity index (χ1v) is 4.81. The molecule has 4 nitrogen and oxygen atoms in total. The zero-order chi connectivity index (χ0) is 10.2. The first-order valence-electron chi connectivity index (χ1n) is 4.81. The van der Waals surface area contributed by atoms with Gasteiger partial charge in [-0.05, 0) is 6.92 Å². The van der Waals surface area contributed by atoms with Gasteiger partial charge in [0.1, 0.15) is 0 Å². The van der Waals surface area contributed by atoms with E-state index in [2.05, 4.69) is 17.0 Å². The Labute approximate surface area is 84.6 Å². The van der Waals surface area contributed by atoms with E-state index in [1.165, 1.54) is 0 Å². The summed E-state index contributed by atoms with van der Waals surface area (Å²) in [5.41, 5.74) is 1.15. The van der Waals surface area contributed by atoms with Gasteiger partial charge in [-0.3, -0.25) is 0 Å². The van der Waals surface area contributed by atoms with Gasteiger partial charge in [-0.1, -0.05) is 6.58 Å². The summed E-state index contributed by atoms with van der Waals surface area (Å²) < 4.78 is 6.89. The summed E-state index contributed by atoms with van der Waals surface area (Å²) >= 11 is 0. The lowest BCUT2D eigenvalue weighted by molar-refractivity contribution is 0.149. The number of nitrogens with one attached hydrogen (secondary N) is 1. The zero-order valence-corrected chi connectivity index (χ0v) is 8.57. The average Bonchev–Trinajstić information content (AvgIpc) is 2.65. The summed E-state index contributed by atoms with van der Waals surface area (Å²) in [4.78, 5) is 0. The third-order valence-corrected chi connectivity index (χ3v) is 1.80. The lowest BCUT2D eigenvalue weighted by atomic mass is 10.3. The van der Waals surface area contributed by atoms with E-state index >= 15 is 0 Å². The fraction of sp³-hybridized carbons (Fsp3) is 0.500. The van der Waals surface area contributed by atoms with Crippen LogP contribution in [0.4, 0.5) is 0 Å². The second kappa shape index (κ2) is 6.34. The second-order valence-electron chi connectivity index (χ2n) is 2.88. The molecule has 1 aromatic rings. The monoisotopic (exact) mass is 195 g/mol. The summed E-state index contributed by atoms with van der Waals surface area (Å²) in [6, 6.07) is 0. The van der Waals surface area contributed by atoms with Crippen LogP contribution >= 0.6 is 0 Å². The Balaban J connectivity index is 2.14. The molecule has 1 aromatic heterocycles.